The molecule has 5 rings (SSSR count). The van der Waals surface area contributed by atoms with Crippen molar-refractivity contribution in [2.45, 2.75) is 13.0 Å². The number of ketones is 1. The maximum atomic E-state index is 14.2. The first-order valence-electron chi connectivity index (χ1n) is 10.7. The summed E-state index contributed by atoms with van der Waals surface area (Å²) in [4.78, 5) is 32.1. The van der Waals surface area contributed by atoms with E-state index in [1.165, 1.54) is 41.7 Å². The molecular weight excluding hydrogens is 474 g/mol. The number of benzene rings is 3. The molecule has 1 N–H and O–H groups in total. The fourth-order valence-corrected chi connectivity index (χ4v) is 5.06. The monoisotopic (exact) mass is 492 g/mol. The van der Waals surface area contributed by atoms with Gasteiger partial charge in [0.15, 0.2) is 5.13 Å². The van der Waals surface area contributed by atoms with Crippen molar-refractivity contribution in [1.29, 1.82) is 0 Å². The largest absolute Gasteiger partial charge is 0.507 e. The number of carbonyl (C=O) groups excluding carboxylic acids is 2. The van der Waals surface area contributed by atoms with E-state index in [1.54, 1.807) is 24.3 Å². The maximum absolute atomic E-state index is 14.2. The molecule has 1 fully saturated rings. The van der Waals surface area contributed by atoms with Crippen LogP contribution in [0.1, 0.15) is 24.1 Å². The van der Waals surface area contributed by atoms with Crippen LogP contribution in [0.25, 0.3) is 16.0 Å². The maximum Gasteiger partial charge on any atom is 0.301 e. The molecule has 176 valence electrons. The highest BCUT2D eigenvalue weighted by atomic mass is 32.1. The molecule has 35 heavy (non-hydrogen) atoms. The molecule has 1 aliphatic heterocycles. The standard InChI is InChI=1S/C26H18F2N2O4S/c1-2-34-18-10-11-19-20(13-18)35-26(29-19)30-22(15-4-3-5-17(28)12-15)21(24(32)25(30)33)23(31)14-6-8-16(27)9-7-14/h3-13,22,31H,2H2,1H3/t22-/m1/s1. The Kier molecular flexibility index (Phi) is 5.78. The first kappa shape index (κ1) is 22.7. The van der Waals surface area contributed by atoms with Gasteiger partial charge in [-0.15, -0.1) is 0 Å². The Morgan fingerprint density at radius 1 is 1.06 bits per heavy atom. The Labute approximate surface area is 202 Å². The molecule has 0 spiro atoms. The second kappa shape index (κ2) is 8.92. The van der Waals surface area contributed by atoms with Gasteiger partial charge in [-0.2, -0.15) is 0 Å². The van der Waals surface area contributed by atoms with E-state index in [0.29, 0.717) is 17.9 Å². The van der Waals surface area contributed by atoms with E-state index in [0.717, 1.165) is 21.7 Å². The van der Waals surface area contributed by atoms with Crippen LogP contribution >= 0.6 is 11.3 Å². The molecule has 0 saturated carbocycles. The number of anilines is 1. The third-order valence-corrected chi connectivity index (χ3v) is 6.61. The second-order valence-electron chi connectivity index (χ2n) is 7.79. The van der Waals surface area contributed by atoms with Gasteiger partial charge in [0.2, 0.25) is 0 Å². The van der Waals surface area contributed by atoms with Gasteiger partial charge in [-0.1, -0.05) is 23.5 Å². The Morgan fingerprint density at radius 2 is 1.83 bits per heavy atom. The summed E-state index contributed by atoms with van der Waals surface area (Å²) >= 11 is 1.17. The van der Waals surface area contributed by atoms with Crippen molar-refractivity contribution in [3.05, 3.63) is 95.1 Å². The van der Waals surface area contributed by atoms with E-state index in [-0.39, 0.29) is 21.8 Å². The number of thiazole rings is 1. The van der Waals surface area contributed by atoms with Crippen LogP contribution in [-0.2, 0) is 9.59 Å². The Balaban J connectivity index is 1.70. The van der Waals surface area contributed by atoms with Crippen LogP contribution < -0.4 is 9.64 Å². The Hall–Kier alpha value is -4.11. The lowest BCUT2D eigenvalue weighted by atomic mass is 9.95. The van der Waals surface area contributed by atoms with Gasteiger partial charge in [0.05, 0.1) is 28.4 Å². The number of rotatable bonds is 5. The molecule has 1 saturated heterocycles. The third-order valence-electron chi connectivity index (χ3n) is 5.59. The van der Waals surface area contributed by atoms with Crippen molar-refractivity contribution in [3.8, 4) is 5.75 Å². The zero-order valence-electron chi connectivity index (χ0n) is 18.4. The number of amides is 1. The molecule has 0 radical (unpaired) electrons. The normalized spacial score (nSPS) is 17.3. The number of fused-ring (bicyclic) bond motifs is 1. The summed E-state index contributed by atoms with van der Waals surface area (Å²) in [5, 5.41) is 11.2. The molecule has 9 heteroatoms. The smallest absolute Gasteiger partial charge is 0.301 e. The minimum atomic E-state index is -1.14. The topological polar surface area (TPSA) is 79.7 Å². The predicted octanol–water partition coefficient (Wildman–Crippen LogP) is 5.60. The number of aliphatic hydroxyl groups is 1. The molecule has 4 aromatic rings. The van der Waals surface area contributed by atoms with Crippen LogP contribution in [0.4, 0.5) is 13.9 Å². The zero-order chi connectivity index (χ0) is 24.7. The molecule has 1 aromatic heterocycles. The van der Waals surface area contributed by atoms with Crippen molar-refractivity contribution >= 4 is 44.1 Å². The molecule has 1 aliphatic rings. The number of ether oxygens (including phenoxy) is 1. The molecular formula is C26H18F2N2O4S. The summed E-state index contributed by atoms with van der Waals surface area (Å²) in [7, 11) is 0. The highest BCUT2D eigenvalue weighted by Gasteiger charge is 2.48. The third kappa shape index (κ3) is 4.04. The number of hydrogen-bond acceptors (Lipinski definition) is 6. The van der Waals surface area contributed by atoms with Crippen molar-refractivity contribution in [2.24, 2.45) is 0 Å². The quantitative estimate of drug-likeness (QED) is 0.223. The van der Waals surface area contributed by atoms with Gasteiger partial charge < -0.3 is 9.84 Å². The van der Waals surface area contributed by atoms with Crippen LogP contribution in [0.5, 0.6) is 5.75 Å². The fraction of sp³-hybridized carbons (Fsp3) is 0.115. The Morgan fingerprint density at radius 3 is 2.54 bits per heavy atom. The van der Waals surface area contributed by atoms with E-state index >= 15 is 0 Å². The number of aromatic nitrogens is 1. The van der Waals surface area contributed by atoms with Crippen LogP contribution in [0.2, 0.25) is 0 Å². The molecule has 0 unspecified atom stereocenters. The number of hydrogen-bond donors (Lipinski definition) is 1. The molecule has 1 atom stereocenters. The van der Waals surface area contributed by atoms with Crippen molar-refractivity contribution < 1.29 is 28.2 Å². The van der Waals surface area contributed by atoms with Gasteiger partial charge >= 0.3 is 5.91 Å². The summed E-state index contributed by atoms with van der Waals surface area (Å²) in [6.07, 6.45) is 0. The summed E-state index contributed by atoms with van der Waals surface area (Å²) in [6.45, 7) is 2.34. The van der Waals surface area contributed by atoms with Crippen LogP contribution in [-0.4, -0.2) is 28.4 Å². The molecule has 0 bridgehead atoms. The predicted molar refractivity (Wildman–Crippen MR) is 128 cm³/mol. The van der Waals surface area contributed by atoms with E-state index in [9.17, 15) is 23.5 Å². The fourth-order valence-electron chi connectivity index (χ4n) is 4.04. The second-order valence-corrected chi connectivity index (χ2v) is 8.80. The highest BCUT2D eigenvalue weighted by molar-refractivity contribution is 7.22. The number of nitrogens with zero attached hydrogens (tertiary/aromatic N) is 2. The molecule has 1 amide bonds. The van der Waals surface area contributed by atoms with Crippen LogP contribution in [0.3, 0.4) is 0 Å². The van der Waals surface area contributed by atoms with E-state index in [2.05, 4.69) is 4.98 Å². The average Bonchev–Trinajstić information content (AvgIpc) is 3.37. The minimum Gasteiger partial charge on any atom is -0.507 e. The van der Waals surface area contributed by atoms with Crippen molar-refractivity contribution in [1.82, 2.24) is 4.98 Å². The van der Waals surface area contributed by atoms with Gasteiger partial charge in [0.1, 0.15) is 23.1 Å². The van der Waals surface area contributed by atoms with E-state index in [1.807, 2.05) is 6.92 Å². The van der Waals surface area contributed by atoms with Gasteiger partial charge in [-0.25, -0.2) is 13.8 Å². The number of halogens is 2. The lowest BCUT2D eigenvalue weighted by molar-refractivity contribution is -0.132. The van der Waals surface area contributed by atoms with E-state index < -0.39 is 35.1 Å². The average molecular weight is 493 g/mol. The minimum absolute atomic E-state index is 0.149. The zero-order valence-corrected chi connectivity index (χ0v) is 19.2. The SMILES string of the molecule is CCOc1ccc2nc(N3C(=O)C(=O)C(=C(O)c4ccc(F)cc4)[C@H]3c3cccc(F)c3)sc2c1. The van der Waals surface area contributed by atoms with Crippen molar-refractivity contribution in [3.63, 3.8) is 0 Å². The summed E-state index contributed by atoms with van der Waals surface area (Å²) in [5.74, 6) is -2.80. The first-order valence-corrected chi connectivity index (χ1v) is 11.5. The lowest BCUT2D eigenvalue weighted by Crippen LogP contribution is -2.29. The summed E-state index contributed by atoms with van der Waals surface area (Å²) in [5.41, 5.74) is 0.784. The van der Waals surface area contributed by atoms with Crippen LogP contribution in [0.15, 0.2) is 72.3 Å². The Bertz CT molecular complexity index is 1500. The van der Waals surface area contributed by atoms with Gasteiger partial charge in [-0.3, -0.25) is 14.5 Å². The molecule has 2 heterocycles. The number of aliphatic hydroxyl groups excluding tert-OH is 1. The molecule has 3 aromatic carbocycles. The summed E-state index contributed by atoms with van der Waals surface area (Å²) in [6, 6.07) is 14.5. The van der Waals surface area contributed by atoms with Crippen LogP contribution in [0, 0.1) is 11.6 Å². The van der Waals surface area contributed by atoms with Gasteiger partial charge in [0.25, 0.3) is 5.78 Å². The number of carbonyl (C=O) groups is 2. The molecule has 6 nitrogen and oxygen atoms in total. The lowest BCUT2D eigenvalue weighted by Gasteiger charge is -2.23. The first-order chi connectivity index (χ1) is 16.9. The summed E-state index contributed by atoms with van der Waals surface area (Å²) < 4.78 is 33.9. The molecule has 0 aliphatic carbocycles. The van der Waals surface area contributed by atoms with Gasteiger partial charge in [0, 0.05) is 5.56 Å². The van der Waals surface area contributed by atoms with E-state index in [4.69, 9.17) is 4.74 Å². The van der Waals surface area contributed by atoms with Gasteiger partial charge in [-0.05, 0) is 67.1 Å². The highest BCUT2D eigenvalue weighted by Crippen LogP contribution is 2.44. The number of Topliss-reactive ketones (excluding diaryl/α,β-unsaturated/α-hetero) is 1. The van der Waals surface area contributed by atoms with Crippen molar-refractivity contribution in [2.75, 3.05) is 11.5 Å².